The monoisotopic (exact) mass is 419 g/mol. The summed E-state index contributed by atoms with van der Waals surface area (Å²) in [5.74, 6) is 1.01. The van der Waals surface area contributed by atoms with Crippen molar-refractivity contribution in [1.82, 2.24) is 4.98 Å². The summed E-state index contributed by atoms with van der Waals surface area (Å²) in [5.41, 5.74) is 9.48. The highest BCUT2D eigenvalue weighted by Gasteiger charge is 2.15. The number of unbranched alkanes of at least 4 members (excludes halogenated alkanes) is 4. The predicted octanol–water partition coefficient (Wildman–Crippen LogP) is 6.87. The van der Waals surface area contributed by atoms with E-state index in [1.807, 2.05) is 48.5 Å². The molecule has 1 heterocycles. The Kier molecular flexibility index (Phi) is 7.70. The van der Waals surface area contributed by atoms with E-state index < -0.39 is 0 Å². The average Bonchev–Trinajstić information content (AvgIpc) is 2.76. The van der Waals surface area contributed by atoms with Crippen LogP contribution in [0.5, 0.6) is 5.75 Å². The molecule has 5 heteroatoms. The van der Waals surface area contributed by atoms with Crippen LogP contribution in [0.15, 0.2) is 54.6 Å². The number of nitrogens with two attached hydrogens (primary N) is 1. The molecule has 0 bridgehead atoms. The molecule has 0 aliphatic rings. The number of hydrogen-bond donors (Lipinski definition) is 1. The summed E-state index contributed by atoms with van der Waals surface area (Å²) in [6, 6.07) is 19.2. The van der Waals surface area contributed by atoms with Crippen LogP contribution in [0.3, 0.4) is 0 Å². The van der Waals surface area contributed by atoms with Crippen LogP contribution in [0.1, 0.15) is 44.6 Å². The Balaban J connectivity index is 1.81. The van der Waals surface area contributed by atoms with Gasteiger partial charge in [-0.3, -0.25) is 0 Å². The van der Waals surface area contributed by atoms with Gasteiger partial charge in [0.05, 0.1) is 12.3 Å². The maximum atomic E-state index is 9.62. The molecule has 2 N–H and O–H groups in total. The second-order valence-corrected chi connectivity index (χ2v) is 7.60. The molecule has 154 valence electrons. The summed E-state index contributed by atoms with van der Waals surface area (Å²) < 4.78 is 5.85. The summed E-state index contributed by atoms with van der Waals surface area (Å²) in [4.78, 5) is 4.40. The zero-order valence-electron chi connectivity index (χ0n) is 17.2. The molecule has 0 saturated heterocycles. The average molecular weight is 420 g/mol. The second kappa shape index (κ2) is 10.7. The van der Waals surface area contributed by atoms with Crippen molar-refractivity contribution < 1.29 is 4.74 Å². The van der Waals surface area contributed by atoms with E-state index in [1.54, 1.807) is 6.07 Å². The molecule has 3 rings (SSSR count). The van der Waals surface area contributed by atoms with Gasteiger partial charge in [-0.1, -0.05) is 74.5 Å². The topological polar surface area (TPSA) is 71.9 Å². The minimum absolute atomic E-state index is 0.192. The number of ether oxygens (including phenoxy) is 1. The highest BCUT2D eigenvalue weighted by atomic mass is 35.5. The van der Waals surface area contributed by atoms with Gasteiger partial charge >= 0.3 is 0 Å². The molecule has 0 radical (unpaired) electrons. The van der Waals surface area contributed by atoms with Gasteiger partial charge in [0.2, 0.25) is 0 Å². The minimum atomic E-state index is 0.192. The Morgan fingerprint density at radius 1 is 1.00 bits per heavy atom. The summed E-state index contributed by atoms with van der Waals surface area (Å²) in [6.07, 6.45) is 6.03. The highest BCUT2D eigenvalue weighted by Crippen LogP contribution is 2.34. The third-order valence-electron chi connectivity index (χ3n) is 4.99. The molecule has 0 fully saturated rings. The Morgan fingerprint density at radius 2 is 1.73 bits per heavy atom. The second-order valence-electron chi connectivity index (χ2n) is 7.19. The van der Waals surface area contributed by atoms with Gasteiger partial charge in [-0.05, 0) is 36.2 Å². The highest BCUT2D eigenvalue weighted by molar-refractivity contribution is 6.33. The van der Waals surface area contributed by atoms with Crippen molar-refractivity contribution in [3.05, 3.63) is 65.2 Å². The maximum absolute atomic E-state index is 9.62. The molecule has 30 heavy (non-hydrogen) atoms. The van der Waals surface area contributed by atoms with Crippen LogP contribution in [0.25, 0.3) is 22.4 Å². The molecule has 4 nitrogen and oxygen atoms in total. The van der Waals surface area contributed by atoms with Gasteiger partial charge in [-0.15, -0.1) is 0 Å². The first kappa shape index (κ1) is 21.7. The number of aromatic nitrogens is 1. The van der Waals surface area contributed by atoms with E-state index in [-0.39, 0.29) is 5.82 Å². The number of hydrogen-bond acceptors (Lipinski definition) is 4. The molecule has 3 aromatic rings. The zero-order valence-corrected chi connectivity index (χ0v) is 18.0. The van der Waals surface area contributed by atoms with Crippen molar-refractivity contribution in [2.45, 2.75) is 39.0 Å². The molecular weight excluding hydrogens is 394 g/mol. The predicted molar refractivity (Wildman–Crippen MR) is 124 cm³/mol. The van der Waals surface area contributed by atoms with Gasteiger partial charge in [0.15, 0.2) is 0 Å². The molecule has 0 spiro atoms. The van der Waals surface area contributed by atoms with Gasteiger partial charge in [-0.2, -0.15) is 5.26 Å². The minimum Gasteiger partial charge on any atom is -0.494 e. The van der Waals surface area contributed by atoms with E-state index in [0.717, 1.165) is 28.9 Å². The smallest absolute Gasteiger partial charge is 0.142 e. The van der Waals surface area contributed by atoms with Crippen LogP contribution in [-0.4, -0.2) is 11.6 Å². The summed E-state index contributed by atoms with van der Waals surface area (Å²) in [5, 5.41) is 10.2. The number of anilines is 1. The van der Waals surface area contributed by atoms with Crippen molar-refractivity contribution >= 4 is 17.4 Å². The fourth-order valence-corrected chi connectivity index (χ4v) is 3.58. The van der Waals surface area contributed by atoms with Crippen LogP contribution >= 0.6 is 11.6 Å². The van der Waals surface area contributed by atoms with E-state index in [2.05, 4.69) is 18.0 Å². The lowest BCUT2D eigenvalue weighted by molar-refractivity contribution is 0.304. The van der Waals surface area contributed by atoms with E-state index in [4.69, 9.17) is 22.1 Å². The molecule has 2 aromatic carbocycles. The fourth-order valence-electron chi connectivity index (χ4n) is 3.34. The Bertz CT molecular complexity index is 1030. The van der Waals surface area contributed by atoms with E-state index in [0.29, 0.717) is 22.9 Å². The molecule has 0 atom stereocenters. The van der Waals surface area contributed by atoms with E-state index >= 15 is 0 Å². The SMILES string of the molecule is CCCCCCCOc1ccc(-c2cc(-c3ccccc3Cl)nc(N)c2C#N)cc1. The van der Waals surface area contributed by atoms with Gasteiger partial charge < -0.3 is 10.5 Å². The fraction of sp³-hybridized carbons (Fsp3) is 0.280. The quantitative estimate of drug-likeness (QED) is 0.384. The molecule has 0 aliphatic heterocycles. The summed E-state index contributed by atoms with van der Waals surface area (Å²) in [6.45, 7) is 2.93. The van der Waals surface area contributed by atoms with Gasteiger partial charge in [0.25, 0.3) is 0 Å². The Hall–Kier alpha value is -3.03. The molecule has 0 unspecified atom stereocenters. The number of halogens is 1. The first-order valence-electron chi connectivity index (χ1n) is 10.3. The third kappa shape index (κ3) is 5.31. The van der Waals surface area contributed by atoms with Crippen molar-refractivity contribution in [1.29, 1.82) is 5.26 Å². The number of nitrogens with zero attached hydrogens (tertiary/aromatic N) is 2. The molecule has 1 aromatic heterocycles. The van der Waals surface area contributed by atoms with Crippen LogP contribution in [0.4, 0.5) is 5.82 Å². The first-order chi connectivity index (χ1) is 14.6. The summed E-state index contributed by atoms with van der Waals surface area (Å²) >= 11 is 6.33. The van der Waals surface area contributed by atoms with Crippen molar-refractivity contribution in [2.75, 3.05) is 12.3 Å². The number of nitrogen functional groups attached to an aromatic ring is 1. The Labute approximate surface area is 183 Å². The van der Waals surface area contributed by atoms with Crippen LogP contribution < -0.4 is 10.5 Å². The van der Waals surface area contributed by atoms with Crippen molar-refractivity contribution in [3.63, 3.8) is 0 Å². The van der Waals surface area contributed by atoms with E-state index in [9.17, 15) is 5.26 Å². The lowest BCUT2D eigenvalue weighted by Gasteiger charge is -2.12. The largest absolute Gasteiger partial charge is 0.494 e. The number of rotatable bonds is 9. The van der Waals surface area contributed by atoms with Crippen LogP contribution in [0.2, 0.25) is 5.02 Å². The number of nitriles is 1. The van der Waals surface area contributed by atoms with Crippen molar-refractivity contribution in [3.8, 4) is 34.2 Å². The van der Waals surface area contributed by atoms with Crippen molar-refractivity contribution in [2.24, 2.45) is 0 Å². The molecule has 0 aliphatic carbocycles. The molecule has 0 amide bonds. The van der Waals surface area contributed by atoms with Crippen LogP contribution in [-0.2, 0) is 0 Å². The van der Waals surface area contributed by atoms with Gasteiger partial charge in [0.1, 0.15) is 23.2 Å². The van der Waals surface area contributed by atoms with Crippen LogP contribution in [0, 0.1) is 11.3 Å². The van der Waals surface area contributed by atoms with Gasteiger partial charge in [0, 0.05) is 16.1 Å². The number of benzene rings is 2. The van der Waals surface area contributed by atoms with E-state index in [1.165, 1.54) is 25.7 Å². The van der Waals surface area contributed by atoms with Gasteiger partial charge in [-0.25, -0.2) is 4.98 Å². The molecule has 0 saturated carbocycles. The normalized spacial score (nSPS) is 10.6. The molecular formula is C25H26ClN3O. The Morgan fingerprint density at radius 3 is 2.43 bits per heavy atom. The first-order valence-corrected chi connectivity index (χ1v) is 10.7. The third-order valence-corrected chi connectivity index (χ3v) is 5.32. The number of pyridine rings is 1. The lowest BCUT2D eigenvalue weighted by atomic mass is 9.98. The standard InChI is InChI=1S/C25H26ClN3O/c1-2-3-4-5-8-15-30-19-13-11-18(12-14-19)21-16-24(29-25(28)22(21)17-27)20-9-6-7-10-23(20)26/h6-7,9-14,16H,2-5,8,15H2,1H3,(H2,28,29). The zero-order chi connectivity index (χ0) is 21.3. The maximum Gasteiger partial charge on any atom is 0.142 e. The summed E-state index contributed by atoms with van der Waals surface area (Å²) in [7, 11) is 0. The lowest BCUT2D eigenvalue weighted by Crippen LogP contribution is -2.00.